The highest BCUT2D eigenvalue weighted by Crippen LogP contribution is 2.33. The average Bonchev–Trinajstić information content (AvgIpc) is 3.02. The summed E-state index contributed by atoms with van der Waals surface area (Å²) in [6, 6.07) is 21.0. The van der Waals surface area contributed by atoms with E-state index in [0.29, 0.717) is 29.9 Å². The fourth-order valence-electron chi connectivity index (χ4n) is 4.06. The maximum absolute atomic E-state index is 13.4. The van der Waals surface area contributed by atoms with Gasteiger partial charge in [0.05, 0.1) is 17.8 Å². The van der Waals surface area contributed by atoms with Crippen molar-refractivity contribution in [1.29, 1.82) is 0 Å². The number of carbonyl (C=O) groups excluding carboxylic acids is 3. The van der Waals surface area contributed by atoms with Gasteiger partial charge in [0, 0.05) is 18.7 Å². The number of nitrogens with one attached hydrogen (secondary N) is 2. The Bertz CT molecular complexity index is 1150. The van der Waals surface area contributed by atoms with Crippen molar-refractivity contribution in [3.8, 4) is 11.1 Å². The Balaban J connectivity index is 1.53. The van der Waals surface area contributed by atoms with Gasteiger partial charge in [0.1, 0.15) is 0 Å². The summed E-state index contributed by atoms with van der Waals surface area (Å²) in [6.45, 7) is 0.873. The quantitative estimate of drug-likeness (QED) is 0.662. The smallest absolute Gasteiger partial charge is 0.254 e. The number of benzene rings is 3. The molecule has 0 saturated carbocycles. The molecule has 0 atom stereocenters. The van der Waals surface area contributed by atoms with E-state index < -0.39 is 0 Å². The van der Waals surface area contributed by atoms with Crippen LogP contribution in [-0.4, -0.2) is 29.2 Å². The second-order valence-corrected chi connectivity index (χ2v) is 7.47. The van der Waals surface area contributed by atoms with Crippen LogP contribution >= 0.6 is 0 Å². The first-order valence-corrected chi connectivity index (χ1v) is 9.78. The number of nitrogens with zero attached hydrogens (tertiary/aromatic N) is 1. The van der Waals surface area contributed by atoms with Gasteiger partial charge in [0.2, 0.25) is 5.91 Å². The Morgan fingerprint density at radius 1 is 0.800 bits per heavy atom. The maximum atomic E-state index is 13.4. The fraction of sp³-hybridized carbons (Fsp3) is 0.125. The molecular weight excluding hydrogens is 378 g/mol. The molecule has 0 fully saturated rings. The van der Waals surface area contributed by atoms with E-state index in [2.05, 4.69) is 22.8 Å². The molecule has 0 bridgehead atoms. The lowest BCUT2D eigenvalue weighted by Crippen LogP contribution is -2.29. The molecule has 148 valence electrons. The molecule has 2 aliphatic rings. The lowest BCUT2D eigenvalue weighted by molar-refractivity contribution is -0.115. The lowest BCUT2D eigenvalue weighted by Gasteiger charge is -2.22. The molecule has 30 heavy (non-hydrogen) atoms. The van der Waals surface area contributed by atoms with Crippen molar-refractivity contribution in [2.45, 2.75) is 13.1 Å². The van der Waals surface area contributed by atoms with Crippen LogP contribution in [0.1, 0.15) is 31.8 Å². The third-order valence-electron chi connectivity index (χ3n) is 5.53. The Morgan fingerprint density at radius 2 is 1.43 bits per heavy atom. The second-order valence-electron chi connectivity index (χ2n) is 7.47. The normalized spacial score (nSPS) is 15.0. The van der Waals surface area contributed by atoms with Crippen LogP contribution in [0.15, 0.2) is 66.7 Å². The van der Waals surface area contributed by atoms with Gasteiger partial charge < -0.3 is 15.5 Å². The molecule has 0 aromatic heterocycles. The van der Waals surface area contributed by atoms with Crippen LogP contribution in [0, 0.1) is 0 Å². The first-order chi connectivity index (χ1) is 14.6. The van der Waals surface area contributed by atoms with Crippen LogP contribution in [0.25, 0.3) is 11.1 Å². The standard InChI is InChI=1S/C24H19N3O3/c28-22-12-25-23(29)20-10-9-15(11-21(20)26-22)24(30)27-13-16-5-1-3-7-18(16)19-8-4-2-6-17(19)14-27/h1-11H,12-14H2,(H,25,29)(H,26,28). The number of hydrogen-bond donors (Lipinski definition) is 2. The Labute approximate surface area is 173 Å². The zero-order valence-electron chi connectivity index (χ0n) is 16.1. The van der Waals surface area contributed by atoms with Crippen LogP contribution in [-0.2, 0) is 17.9 Å². The van der Waals surface area contributed by atoms with Crippen LogP contribution < -0.4 is 10.6 Å². The highest BCUT2D eigenvalue weighted by Gasteiger charge is 2.25. The van der Waals surface area contributed by atoms with Gasteiger partial charge >= 0.3 is 0 Å². The molecular formula is C24H19N3O3. The van der Waals surface area contributed by atoms with Crippen molar-refractivity contribution in [3.05, 3.63) is 89.0 Å². The Kier molecular flexibility index (Phi) is 4.32. The van der Waals surface area contributed by atoms with Crippen molar-refractivity contribution in [2.75, 3.05) is 11.9 Å². The molecule has 2 N–H and O–H groups in total. The summed E-state index contributed by atoms with van der Waals surface area (Å²) in [4.78, 5) is 39.2. The van der Waals surface area contributed by atoms with Gasteiger partial charge in [0.15, 0.2) is 0 Å². The van der Waals surface area contributed by atoms with Crippen molar-refractivity contribution < 1.29 is 14.4 Å². The molecule has 0 saturated heterocycles. The molecule has 5 rings (SSSR count). The van der Waals surface area contributed by atoms with Crippen molar-refractivity contribution in [3.63, 3.8) is 0 Å². The summed E-state index contributed by atoms with van der Waals surface area (Å²) in [7, 11) is 0. The summed E-state index contributed by atoms with van der Waals surface area (Å²) in [5.41, 5.74) is 5.57. The summed E-state index contributed by atoms with van der Waals surface area (Å²) in [5.74, 6) is -0.799. The molecule has 3 amide bonds. The summed E-state index contributed by atoms with van der Waals surface area (Å²) in [6.07, 6.45) is 0. The highest BCUT2D eigenvalue weighted by atomic mass is 16.2. The number of anilines is 1. The van der Waals surface area contributed by atoms with Crippen molar-refractivity contribution >= 4 is 23.4 Å². The van der Waals surface area contributed by atoms with Gasteiger partial charge in [-0.25, -0.2) is 0 Å². The Morgan fingerprint density at radius 3 is 2.10 bits per heavy atom. The van der Waals surface area contributed by atoms with Crippen LogP contribution in [0.3, 0.4) is 0 Å². The van der Waals surface area contributed by atoms with E-state index >= 15 is 0 Å². The molecule has 0 unspecified atom stereocenters. The minimum atomic E-state index is -0.333. The van der Waals surface area contributed by atoms with Gasteiger partial charge in [0.25, 0.3) is 11.8 Å². The van der Waals surface area contributed by atoms with Gasteiger partial charge in [-0.15, -0.1) is 0 Å². The van der Waals surface area contributed by atoms with E-state index in [1.807, 2.05) is 36.4 Å². The summed E-state index contributed by atoms with van der Waals surface area (Å²) >= 11 is 0. The predicted molar refractivity (Wildman–Crippen MR) is 113 cm³/mol. The number of rotatable bonds is 1. The number of amides is 3. The molecule has 0 spiro atoms. The van der Waals surface area contributed by atoms with Gasteiger partial charge in [-0.2, -0.15) is 0 Å². The summed E-state index contributed by atoms with van der Waals surface area (Å²) in [5, 5.41) is 5.25. The number of carbonyl (C=O) groups is 3. The van der Waals surface area contributed by atoms with E-state index in [-0.39, 0.29) is 24.3 Å². The van der Waals surface area contributed by atoms with Gasteiger partial charge in [-0.3, -0.25) is 14.4 Å². The second kappa shape index (κ2) is 7.15. The predicted octanol–water partition coefficient (Wildman–Crippen LogP) is 3.19. The SMILES string of the molecule is O=C1CNC(=O)c2ccc(C(=O)N3Cc4ccccc4-c4ccccc4C3)cc2N1. The highest BCUT2D eigenvalue weighted by molar-refractivity contribution is 6.10. The van der Waals surface area contributed by atoms with Crippen LogP contribution in [0.2, 0.25) is 0 Å². The van der Waals surface area contributed by atoms with Gasteiger partial charge in [-0.05, 0) is 40.5 Å². The van der Waals surface area contributed by atoms with E-state index in [4.69, 9.17) is 0 Å². The zero-order chi connectivity index (χ0) is 20.7. The maximum Gasteiger partial charge on any atom is 0.254 e. The first kappa shape index (κ1) is 18.1. The molecule has 0 radical (unpaired) electrons. The summed E-state index contributed by atoms with van der Waals surface area (Å²) < 4.78 is 0. The van der Waals surface area contributed by atoms with Gasteiger partial charge in [-0.1, -0.05) is 48.5 Å². The first-order valence-electron chi connectivity index (χ1n) is 9.78. The molecule has 3 aromatic rings. The third kappa shape index (κ3) is 3.12. The minimum Gasteiger partial charge on any atom is -0.343 e. The molecule has 0 aliphatic carbocycles. The number of fused-ring (bicyclic) bond motifs is 4. The van der Waals surface area contributed by atoms with E-state index in [1.165, 1.54) is 0 Å². The topological polar surface area (TPSA) is 78.5 Å². The molecule has 6 heteroatoms. The third-order valence-corrected chi connectivity index (χ3v) is 5.53. The van der Waals surface area contributed by atoms with E-state index in [0.717, 1.165) is 22.3 Å². The van der Waals surface area contributed by atoms with E-state index in [1.54, 1.807) is 23.1 Å². The zero-order valence-corrected chi connectivity index (χ0v) is 16.1. The fourth-order valence-corrected chi connectivity index (χ4v) is 4.06. The minimum absolute atomic E-state index is 0.0868. The van der Waals surface area contributed by atoms with Crippen molar-refractivity contribution in [1.82, 2.24) is 10.2 Å². The Hall–Kier alpha value is -3.93. The molecule has 2 heterocycles. The molecule has 2 aliphatic heterocycles. The van der Waals surface area contributed by atoms with Crippen LogP contribution in [0.5, 0.6) is 0 Å². The average molecular weight is 397 g/mol. The van der Waals surface area contributed by atoms with E-state index in [9.17, 15) is 14.4 Å². The number of hydrogen-bond acceptors (Lipinski definition) is 3. The lowest BCUT2D eigenvalue weighted by atomic mass is 9.97. The monoisotopic (exact) mass is 397 g/mol. The molecule has 3 aromatic carbocycles. The van der Waals surface area contributed by atoms with Crippen LogP contribution in [0.4, 0.5) is 5.69 Å². The molecule has 6 nitrogen and oxygen atoms in total. The largest absolute Gasteiger partial charge is 0.343 e. The van der Waals surface area contributed by atoms with Crippen molar-refractivity contribution in [2.24, 2.45) is 0 Å².